The van der Waals surface area contributed by atoms with E-state index in [0.717, 1.165) is 18.2 Å². The van der Waals surface area contributed by atoms with Gasteiger partial charge in [0.1, 0.15) is 12.5 Å². The van der Waals surface area contributed by atoms with Gasteiger partial charge in [-0.25, -0.2) is 14.4 Å². The number of carbonyl (C=O) groups is 1. The lowest BCUT2D eigenvalue weighted by Gasteiger charge is -2.24. The molecule has 0 spiro atoms. The standard InChI is InChI=1S/C22H21Cl2FN4O3/c1-31-18-9-17-13(8-19(18)32-12-14-4-3-7-29(14)20(30)10-23)11-26-22(28-17)27-16-6-2-5-15(24)21(16)25/h2,5-6,8-9,11,14H,3-4,7,10,12H2,1H3,(H,26,27,28)/t14-/m0/s1. The minimum absolute atomic E-state index is 0.00725. The van der Waals surface area contributed by atoms with Gasteiger partial charge >= 0.3 is 0 Å². The molecule has 10 heteroatoms. The maximum absolute atomic E-state index is 14.2. The van der Waals surface area contributed by atoms with Gasteiger partial charge in [-0.2, -0.15) is 0 Å². The zero-order chi connectivity index (χ0) is 22.7. The van der Waals surface area contributed by atoms with Crippen LogP contribution >= 0.6 is 23.2 Å². The van der Waals surface area contributed by atoms with E-state index in [-0.39, 0.29) is 34.5 Å². The van der Waals surface area contributed by atoms with Crippen LogP contribution in [0.3, 0.4) is 0 Å². The summed E-state index contributed by atoms with van der Waals surface area (Å²) in [6.07, 6.45) is 3.39. The second-order valence-electron chi connectivity index (χ2n) is 7.31. The average molecular weight is 479 g/mol. The zero-order valence-electron chi connectivity index (χ0n) is 17.3. The van der Waals surface area contributed by atoms with Gasteiger partial charge in [0.2, 0.25) is 11.9 Å². The number of halogens is 3. The van der Waals surface area contributed by atoms with E-state index in [2.05, 4.69) is 15.3 Å². The van der Waals surface area contributed by atoms with E-state index < -0.39 is 5.82 Å². The molecule has 7 nitrogen and oxygen atoms in total. The lowest BCUT2D eigenvalue weighted by atomic mass is 10.2. The normalized spacial score (nSPS) is 15.8. The average Bonchev–Trinajstić information content (AvgIpc) is 3.28. The molecule has 1 aliphatic heterocycles. The van der Waals surface area contributed by atoms with Crippen LogP contribution in [0.25, 0.3) is 10.9 Å². The summed E-state index contributed by atoms with van der Waals surface area (Å²) in [5.74, 6) is 0.527. The van der Waals surface area contributed by atoms with Gasteiger partial charge in [-0.3, -0.25) is 4.79 Å². The number of ether oxygens (including phenoxy) is 2. The Bertz CT molecular complexity index is 1150. The molecule has 3 aromatic rings. The summed E-state index contributed by atoms with van der Waals surface area (Å²) in [5.41, 5.74) is 0.769. The van der Waals surface area contributed by atoms with Crippen molar-refractivity contribution in [2.45, 2.75) is 18.9 Å². The summed E-state index contributed by atoms with van der Waals surface area (Å²) in [6, 6.07) is 8.12. The number of fused-ring (bicyclic) bond motifs is 1. The first-order chi connectivity index (χ1) is 15.5. The highest BCUT2D eigenvalue weighted by Crippen LogP contribution is 2.33. The van der Waals surface area contributed by atoms with Crippen LogP contribution in [0, 0.1) is 5.82 Å². The van der Waals surface area contributed by atoms with Gasteiger partial charge in [-0.1, -0.05) is 17.7 Å². The van der Waals surface area contributed by atoms with Crippen LogP contribution < -0.4 is 14.8 Å². The summed E-state index contributed by atoms with van der Waals surface area (Å²) < 4.78 is 25.6. The first kappa shape index (κ1) is 22.4. The summed E-state index contributed by atoms with van der Waals surface area (Å²) in [7, 11) is 1.54. The van der Waals surface area contributed by atoms with E-state index in [0.29, 0.717) is 30.2 Å². The number of methoxy groups -OCH3 is 1. The van der Waals surface area contributed by atoms with Gasteiger partial charge in [0.15, 0.2) is 17.3 Å². The maximum atomic E-state index is 14.2. The molecule has 1 amide bonds. The lowest BCUT2D eigenvalue weighted by molar-refractivity contribution is -0.129. The van der Waals surface area contributed by atoms with Crippen LogP contribution in [-0.2, 0) is 4.79 Å². The smallest absolute Gasteiger partial charge is 0.237 e. The fourth-order valence-electron chi connectivity index (χ4n) is 3.69. The Labute approximate surface area is 194 Å². The van der Waals surface area contributed by atoms with Crippen molar-refractivity contribution in [2.24, 2.45) is 0 Å². The molecule has 4 rings (SSSR count). The van der Waals surface area contributed by atoms with Crippen molar-refractivity contribution >= 4 is 51.6 Å². The predicted molar refractivity (Wildman–Crippen MR) is 122 cm³/mol. The Hall–Kier alpha value is -2.84. The Kier molecular flexibility index (Phi) is 6.81. The van der Waals surface area contributed by atoms with Crippen LogP contribution in [-0.4, -0.2) is 53.0 Å². The predicted octanol–water partition coefficient (Wildman–Crippen LogP) is 4.78. The number of anilines is 2. The molecule has 1 fully saturated rings. The van der Waals surface area contributed by atoms with Gasteiger partial charge in [0, 0.05) is 24.2 Å². The molecule has 32 heavy (non-hydrogen) atoms. The van der Waals surface area contributed by atoms with E-state index in [9.17, 15) is 9.18 Å². The fourth-order valence-corrected chi connectivity index (χ4v) is 4.02. The third-order valence-electron chi connectivity index (χ3n) is 5.31. The minimum Gasteiger partial charge on any atom is -0.493 e. The monoisotopic (exact) mass is 478 g/mol. The summed E-state index contributed by atoms with van der Waals surface area (Å²) in [5, 5.41) is 3.57. The highest BCUT2D eigenvalue weighted by atomic mass is 35.5. The first-order valence-corrected chi connectivity index (χ1v) is 11.0. The Morgan fingerprint density at radius 3 is 2.97 bits per heavy atom. The van der Waals surface area contributed by atoms with Gasteiger partial charge < -0.3 is 19.7 Å². The van der Waals surface area contributed by atoms with Crippen LogP contribution in [0.1, 0.15) is 12.8 Å². The topological polar surface area (TPSA) is 76.6 Å². The van der Waals surface area contributed by atoms with Crippen molar-refractivity contribution in [3.05, 3.63) is 47.4 Å². The number of benzene rings is 2. The Morgan fingerprint density at radius 2 is 2.19 bits per heavy atom. The molecule has 0 bridgehead atoms. The SMILES string of the molecule is COc1cc2nc(Nc3cccc(Cl)c3F)ncc2cc1OC[C@@H]1CCCN1C(=O)CCl. The molecule has 1 aromatic heterocycles. The van der Waals surface area contributed by atoms with Crippen molar-refractivity contribution < 1.29 is 18.7 Å². The van der Waals surface area contributed by atoms with E-state index >= 15 is 0 Å². The third kappa shape index (κ3) is 4.66. The molecule has 0 radical (unpaired) electrons. The van der Waals surface area contributed by atoms with E-state index in [1.807, 2.05) is 0 Å². The highest BCUT2D eigenvalue weighted by molar-refractivity contribution is 6.31. The van der Waals surface area contributed by atoms with E-state index in [4.69, 9.17) is 32.7 Å². The molecule has 2 heterocycles. The van der Waals surface area contributed by atoms with Gasteiger partial charge in [0.05, 0.1) is 29.4 Å². The molecule has 1 atom stereocenters. The fraction of sp³-hybridized carbons (Fsp3) is 0.318. The second-order valence-corrected chi connectivity index (χ2v) is 7.98. The molecular formula is C22H21Cl2FN4O3. The molecule has 0 aliphatic carbocycles. The van der Waals surface area contributed by atoms with E-state index in [1.165, 1.54) is 13.2 Å². The number of aromatic nitrogens is 2. The number of likely N-dealkylation sites (tertiary alicyclic amines) is 1. The second kappa shape index (κ2) is 9.75. The Morgan fingerprint density at radius 1 is 1.34 bits per heavy atom. The van der Waals surface area contributed by atoms with E-state index in [1.54, 1.807) is 35.4 Å². The molecule has 1 N–H and O–H groups in total. The van der Waals surface area contributed by atoms with Crippen LogP contribution in [0.4, 0.5) is 16.0 Å². The highest BCUT2D eigenvalue weighted by Gasteiger charge is 2.29. The van der Waals surface area contributed by atoms with Crippen LogP contribution in [0.15, 0.2) is 36.5 Å². The molecule has 0 unspecified atom stereocenters. The summed E-state index contributed by atoms with van der Waals surface area (Å²) >= 11 is 11.5. The van der Waals surface area contributed by atoms with Crippen LogP contribution in [0.5, 0.6) is 11.5 Å². The van der Waals surface area contributed by atoms with Crippen LogP contribution in [0.2, 0.25) is 5.02 Å². The largest absolute Gasteiger partial charge is 0.493 e. The number of nitrogens with one attached hydrogen (secondary N) is 1. The third-order valence-corrected chi connectivity index (χ3v) is 5.83. The number of nitrogens with zero attached hydrogens (tertiary/aromatic N) is 3. The molecule has 168 valence electrons. The first-order valence-electron chi connectivity index (χ1n) is 10.0. The number of hydrogen-bond acceptors (Lipinski definition) is 6. The molecule has 1 saturated heterocycles. The number of carbonyl (C=O) groups excluding carboxylic acids is 1. The quantitative estimate of drug-likeness (QED) is 0.492. The van der Waals surface area contributed by atoms with Gasteiger partial charge in [-0.15, -0.1) is 11.6 Å². The molecule has 1 aliphatic rings. The number of alkyl halides is 1. The number of amides is 1. The molecule has 0 saturated carbocycles. The lowest BCUT2D eigenvalue weighted by Crippen LogP contribution is -2.39. The minimum atomic E-state index is -0.576. The van der Waals surface area contributed by atoms with Crippen molar-refractivity contribution in [3.8, 4) is 11.5 Å². The molecular weight excluding hydrogens is 458 g/mol. The number of hydrogen-bond donors (Lipinski definition) is 1. The van der Waals surface area contributed by atoms with Crippen molar-refractivity contribution in [3.63, 3.8) is 0 Å². The Balaban J connectivity index is 1.54. The number of rotatable bonds is 7. The van der Waals surface area contributed by atoms with Crippen molar-refractivity contribution in [1.29, 1.82) is 0 Å². The maximum Gasteiger partial charge on any atom is 0.237 e. The van der Waals surface area contributed by atoms with Crippen molar-refractivity contribution in [2.75, 3.05) is 31.5 Å². The van der Waals surface area contributed by atoms with Gasteiger partial charge in [-0.05, 0) is 31.0 Å². The summed E-state index contributed by atoms with van der Waals surface area (Å²) in [4.78, 5) is 22.5. The zero-order valence-corrected chi connectivity index (χ0v) is 18.8. The van der Waals surface area contributed by atoms with Gasteiger partial charge in [0.25, 0.3) is 0 Å². The summed E-state index contributed by atoms with van der Waals surface area (Å²) in [6.45, 7) is 1.02. The van der Waals surface area contributed by atoms with Crippen molar-refractivity contribution in [1.82, 2.24) is 14.9 Å². The molecule has 2 aromatic carbocycles.